The second-order valence-corrected chi connectivity index (χ2v) is 13.2. The van der Waals surface area contributed by atoms with Crippen molar-refractivity contribution in [1.82, 2.24) is 15.0 Å². The summed E-state index contributed by atoms with van der Waals surface area (Å²) in [4.78, 5) is 15.5. The van der Waals surface area contributed by atoms with Crippen molar-refractivity contribution in [2.24, 2.45) is 0 Å². The molecule has 8 aromatic carbocycles. The average Bonchev–Trinajstić information content (AvgIpc) is 3.57. The topological polar surface area (TPSA) is 51.8 Å². The molecule has 0 radical (unpaired) electrons. The lowest BCUT2D eigenvalue weighted by molar-refractivity contribution is 0.673. The van der Waals surface area contributed by atoms with Gasteiger partial charge < -0.3 is 4.42 Å². The summed E-state index contributed by atoms with van der Waals surface area (Å²) in [5.41, 5.74) is 9.21. The highest BCUT2D eigenvalue weighted by molar-refractivity contribution is 6.33. The van der Waals surface area contributed by atoms with E-state index >= 15 is 0 Å². The van der Waals surface area contributed by atoms with E-state index in [-0.39, 0.29) is 0 Å². The molecule has 0 N–H and O–H groups in total. The molecule has 10 aromatic rings. The number of fused-ring (bicyclic) bond motifs is 10. The van der Waals surface area contributed by atoms with Gasteiger partial charge >= 0.3 is 0 Å². The molecular weight excluding hydrogens is 623 g/mol. The first kappa shape index (κ1) is 29.3. The number of aryl methyl sites for hydroxylation is 2. The monoisotopic (exact) mass is 653 g/mol. The van der Waals surface area contributed by atoms with Crippen molar-refractivity contribution in [3.8, 4) is 45.3 Å². The molecular formula is C47H31N3O. The lowest BCUT2D eigenvalue weighted by Gasteiger charge is -2.18. The maximum Gasteiger partial charge on any atom is 0.164 e. The van der Waals surface area contributed by atoms with E-state index < -0.39 is 0 Å². The Kier molecular flexibility index (Phi) is 6.58. The molecule has 0 aliphatic heterocycles. The molecule has 0 amide bonds. The van der Waals surface area contributed by atoms with Gasteiger partial charge in [0.2, 0.25) is 0 Å². The summed E-state index contributed by atoms with van der Waals surface area (Å²) in [7, 11) is 0. The van der Waals surface area contributed by atoms with Crippen LogP contribution in [0.1, 0.15) is 11.1 Å². The van der Waals surface area contributed by atoms with Crippen molar-refractivity contribution in [3.05, 3.63) is 163 Å². The highest BCUT2D eigenvalue weighted by Crippen LogP contribution is 2.45. The quantitative estimate of drug-likeness (QED) is 0.177. The fourth-order valence-corrected chi connectivity index (χ4v) is 7.89. The van der Waals surface area contributed by atoms with Crippen LogP contribution in [-0.4, -0.2) is 15.0 Å². The summed E-state index contributed by atoms with van der Waals surface area (Å²) >= 11 is 0. The Morgan fingerprint density at radius 3 is 1.75 bits per heavy atom. The molecule has 240 valence electrons. The third-order valence-electron chi connectivity index (χ3n) is 10.2. The fourth-order valence-electron chi connectivity index (χ4n) is 7.89. The van der Waals surface area contributed by atoms with Crippen LogP contribution in [0.25, 0.3) is 99.5 Å². The van der Waals surface area contributed by atoms with Gasteiger partial charge in [-0.25, -0.2) is 15.0 Å². The molecule has 51 heavy (non-hydrogen) atoms. The molecule has 0 aliphatic carbocycles. The van der Waals surface area contributed by atoms with Gasteiger partial charge in [0.15, 0.2) is 17.5 Å². The lowest BCUT2D eigenvalue weighted by atomic mass is 9.87. The molecule has 2 heterocycles. The summed E-state index contributed by atoms with van der Waals surface area (Å²) < 4.78 is 6.66. The van der Waals surface area contributed by atoms with Crippen LogP contribution in [0.5, 0.6) is 0 Å². The van der Waals surface area contributed by atoms with E-state index in [1.807, 2.05) is 30.3 Å². The first-order chi connectivity index (χ1) is 25.1. The predicted molar refractivity (Wildman–Crippen MR) is 211 cm³/mol. The SMILES string of the molecule is Cc1cc2c(c(C)c1-c1nc(-c3ccccc3)nc(-c3cccc(-c4ccccc4)c3)n1)c1ccccc1c1ccc3c4ccccc4oc3c12. The molecule has 0 bridgehead atoms. The van der Waals surface area contributed by atoms with Crippen molar-refractivity contribution >= 4 is 54.3 Å². The van der Waals surface area contributed by atoms with Crippen molar-refractivity contribution < 1.29 is 4.42 Å². The first-order valence-corrected chi connectivity index (χ1v) is 17.3. The van der Waals surface area contributed by atoms with Crippen LogP contribution in [-0.2, 0) is 0 Å². The van der Waals surface area contributed by atoms with Crippen molar-refractivity contribution in [1.29, 1.82) is 0 Å². The Hall–Kier alpha value is -6.65. The molecule has 10 rings (SSSR count). The van der Waals surface area contributed by atoms with Gasteiger partial charge in [0, 0.05) is 32.8 Å². The predicted octanol–water partition coefficient (Wildman–Crippen LogP) is 12.5. The van der Waals surface area contributed by atoms with Gasteiger partial charge in [-0.05, 0) is 87.3 Å². The van der Waals surface area contributed by atoms with Gasteiger partial charge in [0.1, 0.15) is 11.2 Å². The van der Waals surface area contributed by atoms with Crippen LogP contribution in [0.15, 0.2) is 156 Å². The van der Waals surface area contributed by atoms with Crippen molar-refractivity contribution in [3.63, 3.8) is 0 Å². The summed E-state index contributed by atoms with van der Waals surface area (Å²) in [6, 6.07) is 52.8. The number of benzene rings is 8. The van der Waals surface area contributed by atoms with Gasteiger partial charge in [-0.15, -0.1) is 0 Å². The number of hydrogen-bond acceptors (Lipinski definition) is 4. The van der Waals surface area contributed by atoms with Gasteiger partial charge in [-0.2, -0.15) is 0 Å². The van der Waals surface area contributed by atoms with Gasteiger partial charge in [0.25, 0.3) is 0 Å². The zero-order chi connectivity index (χ0) is 34.1. The highest BCUT2D eigenvalue weighted by atomic mass is 16.3. The number of nitrogens with zero attached hydrogens (tertiary/aromatic N) is 3. The summed E-state index contributed by atoms with van der Waals surface area (Å²) in [5.74, 6) is 1.95. The fraction of sp³-hybridized carbons (Fsp3) is 0.0426. The van der Waals surface area contributed by atoms with Gasteiger partial charge in [-0.3, -0.25) is 0 Å². The summed E-state index contributed by atoms with van der Waals surface area (Å²) in [6.07, 6.45) is 0. The molecule has 4 nitrogen and oxygen atoms in total. The number of rotatable bonds is 4. The normalized spacial score (nSPS) is 11.7. The van der Waals surface area contributed by atoms with E-state index in [2.05, 4.69) is 135 Å². The number of aromatic nitrogens is 3. The van der Waals surface area contributed by atoms with Crippen LogP contribution in [0.2, 0.25) is 0 Å². The Morgan fingerprint density at radius 2 is 0.961 bits per heavy atom. The molecule has 0 fully saturated rings. The van der Waals surface area contributed by atoms with E-state index in [1.54, 1.807) is 0 Å². The minimum absolute atomic E-state index is 0.642. The van der Waals surface area contributed by atoms with Crippen LogP contribution in [0.3, 0.4) is 0 Å². The Labute approximate surface area is 294 Å². The Balaban J connectivity index is 1.27. The van der Waals surface area contributed by atoms with E-state index in [0.29, 0.717) is 17.5 Å². The van der Waals surface area contributed by atoms with Crippen LogP contribution >= 0.6 is 0 Å². The molecule has 0 saturated heterocycles. The largest absolute Gasteiger partial charge is 0.455 e. The molecule has 0 unspecified atom stereocenters. The summed E-state index contributed by atoms with van der Waals surface area (Å²) in [5, 5.41) is 9.31. The standard InChI is InChI=1S/C47H31N3O/c1-28-26-39-42(36-22-10-9-20-34(36)37-24-25-38-35-21-11-12-23-40(35)51-44(38)43(37)39)29(2)41(28)47-49-45(31-16-7-4-8-17-31)48-46(50-47)33-19-13-18-32(27-33)30-14-5-3-6-15-30/h3-27H,1-2H3. The summed E-state index contributed by atoms with van der Waals surface area (Å²) in [6.45, 7) is 4.38. The molecule has 0 saturated carbocycles. The smallest absolute Gasteiger partial charge is 0.164 e. The number of furan rings is 1. The van der Waals surface area contributed by atoms with Gasteiger partial charge in [-0.1, -0.05) is 127 Å². The third kappa shape index (κ3) is 4.64. The zero-order valence-electron chi connectivity index (χ0n) is 28.2. The number of para-hydroxylation sites is 1. The van der Waals surface area contributed by atoms with E-state index in [4.69, 9.17) is 19.4 Å². The maximum atomic E-state index is 6.66. The molecule has 0 spiro atoms. The van der Waals surface area contributed by atoms with E-state index in [1.165, 1.54) is 26.9 Å². The Bertz CT molecular complexity index is 2980. The highest BCUT2D eigenvalue weighted by Gasteiger charge is 2.22. The molecule has 0 aliphatic rings. The second-order valence-electron chi connectivity index (χ2n) is 13.2. The zero-order valence-corrected chi connectivity index (χ0v) is 28.2. The maximum absolute atomic E-state index is 6.66. The molecule has 2 aromatic heterocycles. The number of hydrogen-bond donors (Lipinski definition) is 0. The minimum Gasteiger partial charge on any atom is -0.455 e. The van der Waals surface area contributed by atoms with Crippen LogP contribution < -0.4 is 0 Å². The Morgan fingerprint density at radius 1 is 0.392 bits per heavy atom. The van der Waals surface area contributed by atoms with Crippen molar-refractivity contribution in [2.75, 3.05) is 0 Å². The van der Waals surface area contributed by atoms with E-state index in [9.17, 15) is 0 Å². The minimum atomic E-state index is 0.642. The first-order valence-electron chi connectivity index (χ1n) is 17.3. The molecule has 4 heteroatoms. The lowest BCUT2D eigenvalue weighted by Crippen LogP contribution is -2.03. The third-order valence-corrected chi connectivity index (χ3v) is 10.2. The van der Waals surface area contributed by atoms with E-state index in [0.717, 1.165) is 66.3 Å². The average molecular weight is 654 g/mol. The van der Waals surface area contributed by atoms with Crippen LogP contribution in [0, 0.1) is 13.8 Å². The van der Waals surface area contributed by atoms with Crippen LogP contribution in [0.4, 0.5) is 0 Å². The second kappa shape index (κ2) is 11.5. The molecule has 0 atom stereocenters. The van der Waals surface area contributed by atoms with Crippen molar-refractivity contribution in [2.45, 2.75) is 13.8 Å². The van der Waals surface area contributed by atoms with Gasteiger partial charge in [0.05, 0.1) is 0 Å².